The Hall–Kier alpha value is -2.70. The third-order valence-electron chi connectivity index (χ3n) is 5.12. The molecule has 0 spiro atoms. The smallest absolute Gasteiger partial charge is 0.227 e. The van der Waals surface area contributed by atoms with E-state index in [4.69, 9.17) is 15.1 Å². The first-order chi connectivity index (χ1) is 13.8. The number of anilines is 2. The Balaban J connectivity index is 1.47. The molecular weight excluding hydrogens is 350 g/mol. The maximum Gasteiger partial charge on any atom is 0.227 e. The predicted octanol–water partition coefficient (Wildman–Crippen LogP) is 2.75. The van der Waals surface area contributed by atoms with E-state index in [-0.39, 0.29) is 6.61 Å². The van der Waals surface area contributed by atoms with Crippen LogP contribution in [0.25, 0.3) is 10.9 Å². The van der Waals surface area contributed by atoms with Crippen LogP contribution in [0.15, 0.2) is 54.6 Å². The standard InChI is InChI=1S/C22H27N5O/c28-16-6-11-23-21-19-9-4-5-10-20(19)24-22(25-21)27-14-12-26(13-15-27)17-18-7-2-1-3-8-18/h1-5,7-10,28H,6,11-17H2,(H,23,24,25). The molecule has 4 rings (SSSR count). The van der Waals surface area contributed by atoms with Gasteiger partial charge in [0.05, 0.1) is 5.52 Å². The number of para-hydroxylation sites is 1. The zero-order valence-electron chi connectivity index (χ0n) is 16.1. The highest BCUT2D eigenvalue weighted by atomic mass is 16.3. The van der Waals surface area contributed by atoms with Gasteiger partial charge in [0.2, 0.25) is 5.95 Å². The van der Waals surface area contributed by atoms with Crippen LogP contribution in [0.4, 0.5) is 11.8 Å². The molecule has 0 bridgehead atoms. The van der Waals surface area contributed by atoms with Gasteiger partial charge in [0.15, 0.2) is 0 Å². The topological polar surface area (TPSA) is 64.5 Å². The number of benzene rings is 2. The van der Waals surface area contributed by atoms with Crippen LogP contribution in [0.5, 0.6) is 0 Å². The zero-order valence-corrected chi connectivity index (χ0v) is 16.1. The van der Waals surface area contributed by atoms with Crippen molar-refractivity contribution in [1.82, 2.24) is 14.9 Å². The molecule has 2 heterocycles. The van der Waals surface area contributed by atoms with Gasteiger partial charge in [-0.05, 0) is 24.1 Å². The van der Waals surface area contributed by atoms with Crippen LogP contribution in [-0.2, 0) is 6.54 Å². The molecule has 3 aromatic rings. The summed E-state index contributed by atoms with van der Waals surface area (Å²) in [4.78, 5) is 14.4. The molecule has 0 radical (unpaired) electrons. The number of piperazine rings is 1. The van der Waals surface area contributed by atoms with Gasteiger partial charge in [-0.15, -0.1) is 0 Å². The van der Waals surface area contributed by atoms with E-state index in [9.17, 15) is 0 Å². The van der Waals surface area contributed by atoms with Crippen molar-refractivity contribution in [2.45, 2.75) is 13.0 Å². The normalized spacial score (nSPS) is 15.1. The van der Waals surface area contributed by atoms with E-state index in [0.29, 0.717) is 13.0 Å². The predicted molar refractivity (Wildman–Crippen MR) is 114 cm³/mol. The summed E-state index contributed by atoms with van der Waals surface area (Å²) in [5, 5.41) is 13.4. The van der Waals surface area contributed by atoms with E-state index in [1.807, 2.05) is 24.3 Å². The second-order valence-corrected chi connectivity index (χ2v) is 7.14. The molecule has 1 aliphatic rings. The summed E-state index contributed by atoms with van der Waals surface area (Å²) in [6, 6.07) is 18.7. The molecule has 28 heavy (non-hydrogen) atoms. The molecule has 146 valence electrons. The Morgan fingerprint density at radius 1 is 0.893 bits per heavy atom. The van der Waals surface area contributed by atoms with Gasteiger partial charge in [-0.2, -0.15) is 4.98 Å². The first kappa shape index (κ1) is 18.7. The Labute approximate surface area is 165 Å². The summed E-state index contributed by atoms with van der Waals surface area (Å²) < 4.78 is 0. The molecule has 0 aliphatic carbocycles. The molecular formula is C22H27N5O. The molecule has 1 fully saturated rings. The summed E-state index contributed by atoms with van der Waals surface area (Å²) in [5.74, 6) is 1.63. The number of aliphatic hydroxyl groups is 1. The fourth-order valence-electron chi connectivity index (χ4n) is 3.57. The minimum atomic E-state index is 0.173. The van der Waals surface area contributed by atoms with Gasteiger partial charge in [-0.25, -0.2) is 4.98 Å². The van der Waals surface area contributed by atoms with Gasteiger partial charge in [0, 0.05) is 51.3 Å². The van der Waals surface area contributed by atoms with Gasteiger partial charge in [-0.3, -0.25) is 4.90 Å². The number of hydrogen-bond acceptors (Lipinski definition) is 6. The summed E-state index contributed by atoms with van der Waals surface area (Å²) in [7, 11) is 0. The summed E-state index contributed by atoms with van der Waals surface area (Å²) in [5.41, 5.74) is 2.30. The third kappa shape index (κ3) is 4.40. The van der Waals surface area contributed by atoms with Crippen molar-refractivity contribution in [2.75, 3.05) is 49.5 Å². The minimum absolute atomic E-state index is 0.173. The van der Waals surface area contributed by atoms with Gasteiger partial charge >= 0.3 is 0 Å². The molecule has 1 aliphatic heterocycles. The fraction of sp³-hybridized carbons (Fsp3) is 0.364. The SMILES string of the molecule is OCCCNc1nc(N2CCN(Cc3ccccc3)CC2)nc2ccccc12. The first-order valence-corrected chi connectivity index (χ1v) is 9.96. The lowest BCUT2D eigenvalue weighted by Crippen LogP contribution is -2.46. The lowest BCUT2D eigenvalue weighted by molar-refractivity contribution is 0.249. The van der Waals surface area contributed by atoms with Crippen molar-refractivity contribution in [3.63, 3.8) is 0 Å². The van der Waals surface area contributed by atoms with Gasteiger partial charge in [-0.1, -0.05) is 42.5 Å². The number of aliphatic hydroxyl groups excluding tert-OH is 1. The van der Waals surface area contributed by atoms with E-state index >= 15 is 0 Å². The van der Waals surface area contributed by atoms with Crippen LogP contribution < -0.4 is 10.2 Å². The number of aromatic nitrogens is 2. The highest BCUT2D eigenvalue weighted by molar-refractivity contribution is 5.90. The molecule has 0 atom stereocenters. The highest BCUT2D eigenvalue weighted by Crippen LogP contribution is 2.24. The number of fused-ring (bicyclic) bond motifs is 1. The van der Waals surface area contributed by atoms with Crippen LogP contribution in [0.2, 0.25) is 0 Å². The molecule has 6 heteroatoms. The summed E-state index contributed by atoms with van der Waals surface area (Å²) in [6.07, 6.45) is 0.700. The van der Waals surface area contributed by atoms with Gasteiger partial charge < -0.3 is 15.3 Å². The average molecular weight is 377 g/mol. The monoisotopic (exact) mass is 377 g/mol. The van der Waals surface area contributed by atoms with E-state index in [1.54, 1.807) is 0 Å². The second-order valence-electron chi connectivity index (χ2n) is 7.14. The lowest BCUT2D eigenvalue weighted by Gasteiger charge is -2.35. The molecule has 0 saturated carbocycles. The maximum atomic E-state index is 9.06. The average Bonchev–Trinajstić information content (AvgIpc) is 2.75. The van der Waals surface area contributed by atoms with Crippen molar-refractivity contribution in [2.24, 2.45) is 0 Å². The van der Waals surface area contributed by atoms with E-state index in [1.165, 1.54) is 5.56 Å². The van der Waals surface area contributed by atoms with Crippen LogP contribution in [0.1, 0.15) is 12.0 Å². The number of nitrogens with one attached hydrogen (secondary N) is 1. The molecule has 0 amide bonds. The number of nitrogens with zero attached hydrogens (tertiary/aromatic N) is 4. The number of rotatable bonds is 7. The Kier molecular flexibility index (Phi) is 5.99. The van der Waals surface area contributed by atoms with Gasteiger partial charge in [0.25, 0.3) is 0 Å². The van der Waals surface area contributed by atoms with E-state index in [0.717, 1.165) is 55.4 Å². The Bertz CT molecular complexity index is 894. The first-order valence-electron chi connectivity index (χ1n) is 9.96. The van der Waals surface area contributed by atoms with Crippen molar-refractivity contribution in [1.29, 1.82) is 0 Å². The maximum absolute atomic E-state index is 9.06. The molecule has 0 unspecified atom stereocenters. The van der Waals surface area contributed by atoms with Gasteiger partial charge in [0.1, 0.15) is 5.82 Å². The van der Waals surface area contributed by atoms with Crippen LogP contribution in [-0.4, -0.2) is 59.3 Å². The molecule has 2 aromatic carbocycles. The second kappa shape index (κ2) is 8.99. The van der Waals surface area contributed by atoms with Crippen molar-refractivity contribution in [3.05, 3.63) is 60.2 Å². The largest absolute Gasteiger partial charge is 0.396 e. The van der Waals surface area contributed by atoms with Crippen molar-refractivity contribution >= 4 is 22.7 Å². The fourth-order valence-corrected chi connectivity index (χ4v) is 3.57. The van der Waals surface area contributed by atoms with E-state index < -0.39 is 0 Å². The molecule has 1 aromatic heterocycles. The highest BCUT2D eigenvalue weighted by Gasteiger charge is 2.20. The van der Waals surface area contributed by atoms with Crippen LogP contribution in [0.3, 0.4) is 0 Å². The Morgan fingerprint density at radius 3 is 2.43 bits per heavy atom. The molecule has 1 saturated heterocycles. The van der Waals surface area contributed by atoms with Crippen LogP contribution >= 0.6 is 0 Å². The van der Waals surface area contributed by atoms with Crippen molar-refractivity contribution in [3.8, 4) is 0 Å². The van der Waals surface area contributed by atoms with Crippen LogP contribution in [0, 0.1) is 0 Å². The third-order valence-corrected chi connectivity index (χ3v) is 5.12. The minimum Gasteiger partial charge on any atom is -0.396 e. The summed E-state index contributed by atoms with van der Waals surface area (Å²) in [6.45, 7) is 5.69. The van der Waals surface area contributed by atoms with E-state index in [2.05, 4.69) is 45.4 Å². The Morgan fingerprint density at radius 2 is 1.64 bits per heavy atom. The lowest BCUT2D eigenvalue weighted by atomic mass is 10.2. The molecule has 6 nitrogen and oxygen atoms in total. The summed E-state index contributed by atoms with van der Waals surface area (Å²) >= 11 is 0. The zero-order chi connectivity index (χ0) is 19.2. The number of hydrogen-bond donors (Lipinski definition) is 2. The quantitative estimate of drug-likeness (QED) is 0.618. The van der Waals surface area contributed by atoms with Crippen molar-refractivity contribution < 1.29 is 5.11 Å². The molecule has 2 N–H and O–H groups in total.